The molecule has 1 rings (SSSR count). The van der Waals surface area contributed by atoms with Crippen LogP contribution in [-0.4, -0.2) is 37.1 Å². The van der Waals surface area contributed by atoms with Crippen molar-refractivity contribution in [3.05, 3.63) is 0 Å². The van der Waals surface area contributed by atoms with Gasteiger partial charge in [-0.1, -0.05) is 47.5 Å². The number of rotatable bonds is 9. The van der Waals surface area contributed by atoms with Gasteiger partial charge in [-0.3, -0.25) is 0 Å². The summed E-state index contributed by atoms with van der Waals surface area (Å²) in [5.74, 6) is 2.66. The molecule has 1 N–H and O–H groups in total. The predicted octanol–water partition coefficient (Wildman–Crippen LogP) is 4.16. The summed E-state index contributed by atoms with van der Waals surface area (Å²) in [5, 5.41) is 3.75. The zero-order chi connectivity index (χ0) is 15.0. The van der Waals surface area contributed by atoms with E-state index in [-0.39, 0.29) is 0 Å². The Morgan fingerprint density at radius 3 is 2.45 bits per heavy atom. The van der Waals surface area contributed by atoms with Gasteiger partial charge in [-0.15, -0.1) is 0 Å². The molecule has 0 aromatic heterocycles. The standard InChI is InChI=1S/C18H38N2/c1-6-15(5)13-20(9-4)14-17-12-16(7-2)10-11-18(17)19-8-3/h15-19H,6-14H2,1-5H3. The van der Waals surface area contributed by atoms with Gasteiger partial charge in [0, 0.05) is 19.1 Å². The van der Waals surface area contributed by atoms with Gasteiger partial charge >= 0.3 is 0 Å². The Morgan fingerprint density at radius 1 is 1.15 bits per heavy atom. The van der Waals surface area contributed by atoms with Crippen LogP contribution in [0.25, 0.3) is 0 Å². The molecule has 0 aliphatic heterocycles. The first kappa shape index (κ1) is 18.0. The fourth-order valence-electron chi connectivity index (χ4n) is 3.70. The third kappa shape index (κ3) is 5.73. The van der Waals surface area contributed by atoms with Crippen LogP contribution < -0.4 is 5.32 Å². The normalized spacial score (nSPS) is 28.8. The van der Waals surface area contributed by atoms with Crippen molar-refractivity contribution in [1.29, 1.82) is 0 Å². The fraction of sp³-hybridized carbons (Fsp3) is 1.00. The van der Waals surface area contributed by atoms with Gasteiger partial charge in [-0.2, -0.15) is 0 Å². The van der Waals surface area contributed by atoms with Crippen LogP contribution in [0.5, 0.6) is 0 Å². The number of nitrogens with one attached hydrogen (secondary N) is 1. The zero-order valence-corrected chi connectivity index (χ0v) is 14.6. The molecule has 120 valence electrons. The first-order chi connectivity index (χ1) is 9.64. The maximum Gasteiger partial charge on any atom is 0.0108 e. The SMILES string of the molecule is CCNC1CCC(CC)CC1CN(CC)CC(C)CC. The molecule has 1 saturated carbocycles. The highest BCUT2D eigenvalue weighted by Gasteiger charge is 2.30. The third-order valence-electron chi connectivity index (χ3n) is 5.34. The van der Waals surface area contributed by atoms with Gasteiger partial charge in [-0.05, 0) is 50.1 Å². The lowest BCUT2D eigenvalue weighted by atomic mass is 9.76. The molecule has 2 heteroatoms. The maximum absolute atomic E-state index is 3.75. The number of hydrogen-bond acceptors (Lipinski definition) is 2. The maximum atomic E-state index is 3.75. The molecule has 1 aliphatic rings. The van der Waals surface area contributed by atoms with Crippen LogP contribution in [0.4, 0.5) is 0 Å². The minimum absolute atomic E-state index is 0.758. The van der Waals surface area contributed by atoms with E-state index in [1.165, 1.54) is 51.7 Å². The summed E-state index contributed by atoms with van der Waals surface area (Å²) in [5.41, 5.74) is 0. The summed E-state index contributed by atoms with van der Waals surface area (Å²) in [7, 11) is 0. The molecule has 2 nitrogen and oxygen atoms in total. The van der Waals surface area contributed by atoms with E-state index < -0.39 is 0 Å². The van der Waals surface area contributed by atoms with Gasteiger partial charge in [0.1, 0.15) is 0 Å². The van der Waals surface area contributed by atoms with Crippen LogP contribution in [0.2, 0.25) is 0 Å². The Kier molecular flexibility index (Phi) is 8.79. The van der Waals surface area contributed by atoms with Crippen molar-refractivity contribution in [1.82, 2.24) is 10.2 Å². The van der Waals surface area contributed by atoms with Crippen LogP contribution in [-0.2, 0) is 0 Å². The summed E-state index contributed by atoms with van der Waals surface area (Å²) < 4.78 is 0. The highest BCUT2D eigenvalue weighted by Crippen LogP contribution is 2.32. The van der Waals surface area contributed by atoms with E-state index in [0.717, 1.165) is 30.3 Å². The first-order valence-corrected chi connectivity index (χ1v) is 9.10. The van der Waals surface area contributed by atoms with Gasteiger partial charge in [-0.25, -0.2) is 0 Å². The van der Waals surface area contributed by atoms with Crippen molar-refractivity contribution in [3.63, 3.8) is 0 Å². The smallest absolute Gasteiger partial charge is 0.0108 e. The molecule has 1 fully saturated rings. The lowest BCUT2D eigenvalue weighted by molar-refractivity contribution is 0.131. The fourth-order valence-corrected chi connectivity index (χ4v) is 3.70. The van der Waals surface area contributed by atoms with E-state index >= 15 is 0 Å². The largest absolute Gasteiger partial charge is 0.314 e. The van der Waals surface area contributed by atoms with Crippen LogP contribution in [0.1, 0.15) is 66.7 Å². The van der Waals surface area contributed by atoms with E-state index in [0.29, 0.717) is 0 Å². The monoisotopic (exact) mass is 282 g/mol. The lowest BCUT2D eigenvalue weighted by Gasteiger charge is -2.39. The van der Waals surface area contributed by atoms with E-state index in [1.807, 2.05) is 0 Å². The van der Waals surface area contributed by atoms with Gasteiger partial charge in [0.15, 0.2) is 0 Å². The molecular weight excluding hydrogens is 244 g/mol. The second kappa shape index (κ2) is 9.78. The van der Waals surface area contributed by atoms with E-state index in [9.17, 15) is 0 Å². The quantitative estimate of drug-likeness (QED) is 0.683. The summed E-state index contributed by atoms with van der Waals surface area (Å²) in [6.45, 7) is 16.5. The second-order valence-corrected chi connectivity index (χ2v) is 6.88. The van der Waals surface area contributed by atoms with Crippen molar-refractivity contribution in [2.75, 3.05) is 26.2 Å². The van der Waals surface area contributed by atoms with Crippen LogP contribution >= 0.6 is 0 Å². The Labute approximate surface area is 127 Å². The molecule has 0 saturated heterocycles. The molecule has 0 bridgehead atoms. The second-order valence-electron chi connectivity index (χ2n) is 6.88. The van der Waals surface area contributed by atoms with Gasteiger partial charge in [0.2, 0.25) is 0 Å². The van der Waals surface area contributed by atoms with Crippen molar-refractivity contribution >= 4 is 0 Å². The summed E-state index contributed by atoms with van der Waals surface area (Å²) in [4.78, 5) is 2.70. The first-order valence-electron chi connectivity index (χ1n) is 9.10. The molecule has 20 heavy (non-hydrogen) atoms. The highest BCUT2D eigenvalue weighted by molar-refractivity contribution is 4.86. The van der Waals surface area contributed by atoms with Gasteiger partial charge < -0.3 is 10.2 Å². The minimum atomic E-state index is 0.758. The minimum Gasteiger partial charge on any atom is -0.314 e. The molecule has 1 aliphatic carbocycles. The average molecular weight is 283 g/mol. The van der Waals surface area contributed by atoms with Crippen LogP contribution in [0.3, 0.4) is 0 Å². The Bertz CT molecular complexity index is 242. The molecular formula is C18H38N2. The van der Waals surface area contributed by atoms with Crippen LogP contribution in [0, 0.1) is 17.8 Å². The average Bonchev–Trinajstić information content (AvgIpc) is 2.48. The summed E-state index contributed by atoms with van der Waals surface area (Å²) in [6.07, 6.45) is 6.92. The molecule has 0 aromatic carbocycles. The van der Waals surface area contributed by atoms with Gasteiger partial charge in [0.25, 0.3) is 0 Å². The van der Waals surface area contributed by atoms with Crippen molar-refractivity contribution in [2.45, 2.75) is 72.8 Å². The molecule has 0 spiro atoms. The van der Waals surface area contributed by atoms with Crippen molar-refractivity contribution < 1.29 is 0 Å². The van der Waals surface area contributed by atoms with Crippen molar-refractivity contribution in [3.8, 4) is 0 Å². The molecule has 0 radical (unpaired) electrons. The Morgan fingerprint density at radius 2 is 1.90 bits per heavy atom. The molecule has 0 aromatic rings. The lowest BCUT2D eigenvalue weighted by Crippen LogP contribution is -2.46. The van der Waals surface area contributed by atoms with E-state index in [1.54, 1.807) is 0 Å². The molecule has 0 heterocycles. The Balaban J connectivity index is 2.56. The molecule has 0 amide bonds. The van der Waals surface area contributed by atoms with Crippen LogP contribution in [0.15, 0.2) is 0 Å². The topological polar surface area (TPSA) is 15.3 Å². The predicted molar refractivity (Wildman–Crippen MR) is 90.2 cm³/mol. The summed E-state index contributed by atoms with van der Waals surface area (Å²) >= 11 is 0. The molecule has 4 atom stereocenters. The van der Waals surface area contributed by atoms with Gasteiger partial charge in [0.05, 0.1) is 0 Å². The van der Waals surface area contributed by atoms with E-state index in [4.69, 9.17) is 0 Å². The van der Waals surface area contributed by atoms with E-state index in [2.05, 4.69) is 44.8 Å². The third-order valence-corrected chi connectivity index (χ3v) is 5.34. The Hall–Kier alpha value is -0.0800. The highest BCUT2D eigenvalue weighted by atomic mass is 15.1. The zero-order valence-electron chi connectivity index (χ0n) is 14.6. The van der Waals surface area contributed by atoms with Crippen molar-refractivity contribution in [2.24, 2.45) is 17.8 Å². The number of nitrogens with zero attached hydrogens (tertiary/aromatic N) is 1. The molecule has 4 unspecified atom stereocenters. The summed E-state index contributed by atoms with van der Waals surface area (Å²) in [6, 6.07) is 0.758. The number of hydrogen-bond donors (Lipinski definition) is 1.